The number of rotatable bonds is 12. The van der Waals surface area contributed by atoms with E-state index in [1.807, 2.05) is 60.7 Å². The molecule has 3 heterocycles. The number of fused-ring (bicyclic) bond motifs is 1. The lowest BCUT2D eigenvalue weighted by Crippen LogP contribution is -2.71. The maximum atomic E-state index is 13.8. The summed E-state index contributed by atoms with van der Waals surface area (Å²) in [4.78, 5) is 62.0. The van der Waals surface area contributed by atoms with Gasteiger partial charge in [0.1, 0.15) is 29.4 Å². The molecule has 43 heavy (non-hydrogen) atoms. The summed E-state index contributed by atoms with van der Waals surface area (Å²) in [6.45, 7) is 5.74. The zero-order valence-corrected chi connectivity index (χ0v) is 24.6. The van der Waals surface area contributed by atoms with Crippen LogP contribution in [-0.4, -0.2) is 63.6 Å². The third-order valence-electron chi connectivity index (χ3n) is 6.58. The van der Waals surface area contributed by atoms with Gasteiger partial charge in [-0.1, -0.05) is 78.5 Å². The van der Waals surface area contributed by atoms with Crippen molar-refractivity contribution in [3.05, 3.63) is 107 Å². The molecule has 3 aromatic rings. The van der Waals surface area contributed by atoms with Crippen LogP contribution in [0.2, 0.25) is 0 Å². The molecular formula is C30H27N5O6S2. The Morgan fingerprint density at radius 3 is 2.44 bits per heavy atom. The molecule has 1 unspecified atom stereocenters. The highest BCUT2D eigenvalue weighted by atomic mass is 32.2. The van der Waals surface area contributed by atoms with Crippen molar-refractivity contribution in [1.82, 2.24) is 15.2 Å². The number of nitrogens with zero attached hydrogens (tertiary/aromatic N) is 3. The lowest BCUT2D eigenvalue weighted by molar-refractivity contribution is -0.154. The predicted octanol–water partition coefficient (Wildman–Crippen LogP) is 3.62. The maximum absolute atomic E-state index is 13.8. The number of β-lactam (4-membered cyclic amide) rings is 1. The Morgan fingerprint density at radius 2 is 1.84 bits per heavy atom. The van der Waals surface area contributed by atoms with Gasteiger partial charge >= 0.3 is 5.97 Å². The minimum atomic E-state index is -0.941. The molecule has 2 aliphatic rings. The van der Waals surface area contributed by atoms with E-state index < -0.39 is 35.3 Å². The van der Waals surface area contributed by atoms with Crippen LogP contribution in [0.25, 0.3) is 0 Å². The van der Waals surface area contributed by atoms with Gasteiger partial charge in [0.2, 0.25) is 6.41 Å². The SMILES string of the molecule is C=CC1=C(C(=O)OC(c2ccccc2)c2ccccc2)N2C(=O)C(NC(=O)C(=NOCC)c3csc(NC=O)n3)[C@@H]2SC1. The van der Waals surface area contributed by atoms with E-state index in [2.05, 4.69) is 27.4 Å². The van der Waals surface area contributed by atoms with E-state index in [4.69, 9.17) is 9.57 Å². The summed E-state index contributed by atoms with van der Waals surface area (Å²) >= 11 is 2.49. The van der Waals surface area contributed by atoms with Crippen molar-refractivity contribution in [3.63, 3.8) is 0 Å². The van der Waals surface area contributed by atoms with Crippen LogP contribution >= 0.6 is 23.1 Å². The summed E-state index contributed by atoms with van der Waals surface area (Å²) < 4.78 is 6.07. The van der Waals surface area contributed by atoms with E-state index in [0.29, 0.717) is 17.7 Å². The third-order valence-corrected chi connectivity index (χ3v) is 8.66. The minimum Gasteiger partial charge on any atom is -0.448 e. The van der Waals surface area contributed by atoms with E-state index >= 15 is 0 Å². The number of aromatic nitrogens is 1. The van der Waals surface area contributed by atoms with Gasteiger partial charge in [-0.25, -0.2) is 9.78 Å². The molecule has 0 radical (unpaired) electrons. The molecule has 220 valence electrons. The number of thioether (sulfide) groups is 1. The molecule has 11 nitrogen and oxygen atoms in total. The molecule has 5 rings (SSSR count). The first-order valence-electron chi connectivity index (χ1n) is 13.2. The van der Waals surface area contributed by atoms with E-state index in [1.165, 1.54) is 22.0 Å². The van der Waals surface area contributed by atoms with Gasteiger partial charge in [-0.15, -0.1) is 23.1 Å². The van der Waals surface area contributed by atoms with Crippen molar-refractivity contribution in [3.8, 4) is 0 Å². The monoisotopic (exact) mass is 617 g/mol. The number of esters is 1. The predicted molar refractivity (Wildman–Crippen MR) is 163 cm³/mol. The quantitative estimate of drug-likeness (QED) is 0.103. The van der Waals surface area contributed by atoms with Crippen molar-refractivity contribution >= 4 is 58.1 Å². The molecule has 2 N–H and O–H groups in total. The topological polar surface area (TPSA) is 139 Å². The molecular weight excluding hydrogens is 590 g/mol. The summed E-state index contributed by atoms with van der Waals surface area (Å²) in [5, 5.41) is 10.3. The van der Waals surface area contributed by atoms with E-state index in [0.717, 1.165) is 22.5 Å². The lowest BCUT2D eigenvalue weighted by Gasteiger charge is -2.49. The molecule has 2 atom stereocenters. The van der Waals surface area contributed by atoms with Gasteiger partial charge in [0, 0.05) is 11.1 Å². The van der Waals surface area contributed by atoms with E-state index in [1.54, 1.807) is 13.0 Å². The second-order valence-electron chi connectivity index (χ2n) is 9.20. The number of nitrogens with one attached hydrogen (secondary N) is 2. The average Bonchev–Trinajstić information content (AvgIpc) is 3.50. The van der Waals surface area contributed by atoms with Crippen LogP contribution in [-0.2, 0) is 28.8 Å². The number of carbonyl (C=O) groups excluding carboxylic acids is 4. The van der Waals surface area contributed by atoms with Gasteiger partial charge in [0.15, 0.2) is 16.9 Å². The number of hydrogen-bond acceptors (Lipinski definition) is 10. The number of thiazole rings is 1. The van der Waals surface area contributed by atoms with Crippen molar-refractivity contribution in [1.29, 1.82) is 0 Å². The highest BCUT2D eigenvalue weighted by molar-refractivity contribution is 8.00. The molecule has 13 heteroatoms. The number of allylic oxidation sites excluding steroid dienone is 1. The Hall–Kier alpha value is -4.75. The Bertz CT molecular complexity index is 1550. The molecule has 2 aromatic carbocycles. The largest absolute Gasteiger partial charge is 0.448 e. The van der Waals surface area contributed by atoms with Crippen LogP contribution in [0.5, 0.6) is 0 Å². The Labute approximate surface area is 255 Å². The first kappa shape index (κ1) is 29.7. The maximum Gasteiger partial charge on any atom is 0.356 e. The van der Waals surface area contributed by atoms with Gasteiger partial charge < -0.3 is 20.2 Å². The standard InChI is InChI=1S/C30H27N5O6S2/c1-3-18-15-42-28-23(33-26(37)22(34-40-4-2)21-16-43-30(32-21)31-17-36)27(38)35(28)24(18)29(39)41-25(19-11-7-5-8-12-19)20-13-9-6-10-14-20/h3,5-14,16-17,23,25,28H,1,4,15H2,2H3,(H,33,37)(H,31,32,36)/t23?,28-/m0/s1. The Balaban J connectivity index is 1.36. The first-order chi connectivity index (χ1) is 21.0. The smallest absolute Gasteiger partial charge is 0.356 e. The number of oxime groups is 1. The molecule has 1 saturated heterocycles. The highest BCUT2D eigenvalue weighted by Crippen LogP contribution is 2.42. The molecule has 2 aliphatic heterocycles. The number of amides is 3. The normalized spacial score (nSPS) is 18.0. The van der Waals surface area contributed by atoms with E-state index in [9.17, 15) is 19.2 Å². The van der Waals surface area contributed by atoms with Gasteiger partial charge in [-0.3, -0.25) is 19.3 Å². The summed E-state index contributed by atoms with van der Waals surface area (Å²) in [5.41, 5.74) is 2.23. The summed E-state index contributed by atoms with van der Waals surface area (Å²) in [6, 6.07) is 17.7. The molecule has 3 amide bonds. The Morgan fingerprint density at radius 1 is 1.16 bits per heavy atom. The fraction of sp³-hybridized carbons (Fsp3) is 0.200. The van der Waals surface area contributed by atoms with Gasteiger partial charge in [0.25, 0.3) is 11.8 Å². The summed E-state index contributed by atoms with van der Waals surface area (Å²) in [6.07, 6.45) is 1.31. The molecule has 1 aromatic heterocycles. The number of carbonyl (C=O) groups is 4. The number of benzene rings is 2. The van der Waals surface area contributed by atoms with Crippen molar-refractivity contribution in [2.24, 2.45) is 5.16 Å². The average molecular weight is 618 g/mol. The number of hydrogen-bond donors (Lipinski definition) is 2. The second-order valence-corrected chi connectivity index (χ2v) is 11.2. The molecule has 0 bridgehead atoms. The van der Waals surface area contributed by atoms with Gasteiger partial charge in [-0.05, 0) is 23.6 Å². The van der Waals surface area contributed by atoms with E-state index in [-0.39, 0.29) is 28.8 Å². The van der Waals surface area contributed by atoms with Gasteiger partial charge in [0.05, 0.1) is 0 Å². The zero-order valence-electron chi connectivity index (χ0n) is 23.0. The highest BCUT2D eigenvalue weighted by Gasteiger charge is 2.54. The molecule has 0 saturated carbocycles. The van der Waals surface area contributed by atoms with Crippen LogP contribution in [0.4, 0.5) is 5.13 Å². The summed E-state index contributed by atoms with van der Waals surface area (Å²) in [5.74, 6) is -1.47. The van der Waals surface area contributed by atoms with Crippen LogP contribution < -0.4 is 10.6 Å². The number of ether oxygens (including phenoxy) is 1. The van der Waals surface area contributed by atoms with Crippen LogP contribution in [0, 0.1) is 0 Å². The van der Waals surface area contributed by atoms with Crippen molar-refractivity contribution in [2.45, 2.75) is 24.4 Å². The summed E-state index contributed by atoms with van der Waals surface area (Å²) in [7, 11) is 0. The van der Waals surface area contributed by atoms with Crippen molar-refractivity contribution < 1.29 is 28.8 Å². The van der Waals surface area contributed by atoms with Crippen LogP contribution in [0.1, 0.15) is 29.8 Å². The number of anilines is 1. The zero-order chi connectivity index (χ0) is 30.3. The second kappa shape index (κ2) is 13.5. The minimum absolute atomic E-state index is 0.0957. The first-order valence-corrected chi connectivity index (χ1v) is 15.2. The van der Waals surface area contributed by atoms with Gasteiger partial charge in [-0.2, -0.15) is 0 Å². The third kappa shape index (κ3) is 6.22. The van der Waals surface area contributed by atoms with Crippen molar-refractivity contribution in [2.75, 3.05) is 17.7 Å². The van der Waals surface area contributed by atoms with Crippen LogP contribution in [0.3, 0.4) is 0 Å². The fourth-order valence-corrected chi connectivity index (χ4v) is 6.57. The lowest BCUT2D eigenvalue weighted by atomic mass is 10.0. The molecule has 0 spiro atoms. The molecule has 0 aliphatic carbocycles. The van der Waals surface area contributed by atoms with Crippen LogP contribution in [0.15, 0.2) is 95.1 Å². The fourth-order valence-electron chi connectivity index (χ4n) is 4.58. The Kier molecular flexibility index (Phi) is 9.32. The molecule has 1 fully saturated rings.